The summed E-state index contributed by atoms with van der Waals surface area (Å²) in [7, 11) is 2.02. The van der Waals surface area contributed by atoms with Crippen LogP contribution in [-0.4, -0.2) is 14.5 Å². The fraction of sp³-hybridized carbons (Fsp3) is 0.0769. The summed E-state index contributed by atoms with van der Waals surface area (Å²) in [4.78, 5) is 8.06. The molecule has 0 aliphatic rings. The van der Waals surface area contributed by atoms with E-state index in [9.17, 15) is 0 Å². The molecule has 3 rings (SSSR count). The number of hydrogen-bond donors (Lipinski definition) is 2. The zero-order valence-electron chi connectivity index (χ0n) is 9.96. The Hall–Kier alpha value is -2.56. The first-order valence-electron chi connectivity index (χ1n) is 5.59. The van der Waals surface area contributed by atoms with Gasteiger partial charge in [-0.3, -0.25) is 0 Å². The van der Waals surface area contributed by atoms with Crippen LogP contribution < -0.4 is 11.5 Å². The Morgan fingerprint density at radius 1 is 1.06 bits per heavy atom. The lowest BCUT2D eigenvalue weighted by Crippen LogP contribution is -2.00. The van der Waals surface area contributed by atoms with Gasteiger partial charge >= 0.3 is 0 Å². The molecule has 5 heteroatoms. The number of hydrogen-bond acceptors (Lipinski definition) is 4. The van der Waals surface area contributed by atoms with Gasteiger partial charge in [0.1, 0.15) is 5.82 Å². The van der Waals surface area contributed by atoms with Gasteiger partial charge in [0, 0.05) is 35.8 Å². The molecule has 0 spiro atoms. The SMILES string of the molecule is Cn1ccc2cc(-c3cc(N)nc(N)n3)ccc21. The standard InChI is InChI=1S/C13H13N5/c1-18-5-4-9-6-8(2-3-11(9)18)10-7-12(14)17-13(15)16-10/h2-7H,1H3,(H4,14,15,16,17). The van der Waals surface area contributed by atoms with E-state index >= 15 is 0 Å². The highest BCUT2D eigenvalue weighted by atomic mass is 15.0. The molecule has 0 bridgehead atoms. The van der Waals surface area contributed by atoms with Gasteiger partial charge in [0.15, 0.2) is 0 Å². The Kier molecular flexibility index (Phi) is 2.19. The van der Waals surface area contributed by atoms with Gasteiger partial charge in [-0.15, -0.1) is 0 Å². The van der Waals surface area contributed by atoms with Crippen molar-refractivity contribution in [2.24, 2.45) is 7.05 Å². The molecular weight excluding hydrogens is 226 g/mol. The van der Waals surface area contributed by atoms with Crippen LogP contribution in [0.2, 0.25) is 0 Å². The number of nitrogens with zero attached hydrogens (tertiary/aromatic N) is 3. The molecule has 5 nitrogen and oxygen atoms in total. The van der Waals surface area contributed by atoms with E-state index in [-0.39, 0.29) is 5.95 Å². The third-order valence-corrected chi connectivity index (χ3v) is 2.94. The fourth-order valence-corrected chi connectivity index (χ4v) is 2.07. The molecule has 0 atom stereocenters. The summed E-state index contributed by atoms with van der Waals surface area (Å²) in [6, 6.07) is 9.91. The molecule has 4 N–H and O–H groups in total. The largest absolute Gasteiger partial charge is 0.384 e. The zero-order chi connectivity index (χ0) is 12.7. The van der Waals surface area contributed by atoms with Gasteiger partial charge in [-0.25, -0.2) is 4.98 Å². The number of benzene rings is 1. The highest BCUT2D eigenvalue weighted by Gasteiger charge is 2.05. The van der Waals surface area contributed by atoms with Crippen molar-refractivity contribution in [1.82, 2.24) is 14.5 Å². The molecule has 0 radical (unpaired) electrons. The highest BCUT2D eigenvalue weighted by molar-refractivity contribution is 5.85. The second-order valence-corrected chi connectivity index (χ2v) is 4.24. The predicted octanol–water partition coefficient (Wildman–Crippen LogP) is 1.80. The Bertz CT molecular complexity index is 709. The van der Waals surface area contributed by atoms with Crippen LogP contribution in [0, 0.1) is 0 Å². The maximum Gasteiger partial charge on any atom is 0.222 e. The van der Waals surface area contributed by atoms with E-state index < -0.39 is 0 Å². The van der Waals surface area contributed by atoms with Crippen molar-refractivity contribution >= 4 is 22.7 Å². The molecule has 2 heterocycles. The van der Waals surface area contributed by atoms with Crippen molar-refractivity contribution in [3.63, 3.8) is 0 Å². The van der Waals surface area contributed by atoms with Gasteiger partial charge in [0.05, 0.1) is 5.69 Å². The first kappa shape index (κ1) is 10.6. The second-order valence-electron chi connectivity index (χ2n) is 4.24. The van der Waals surface area contributed by atoms with Crippen LogP contribution in [0.3, 0.4) is 0 Å². The number of nitrogens with two attached hydrogens (primary N) is 2. The first-order chi connectivity index (χ1) is 8.63. The Morgan fingerprint density at radius 3 is 2.67 bits per heavy atom. The summed E-state index contributed by atoms with van der Waals surface area (Å²) < 4.78 is 2.07. The molecule has 18 heavy (non-hydrogen) atoms. The molecule has 0 saturated heterocycles. The highest BCUT2D eigenvalue weighted by Crippen LogP contribution is 2.24. The van der Waals surface area contributed by atoms with Crippen LogP contribution in [0.4, 0.5) is 11.8 Å². The average Bonchev–Trinajstić information content (AvgIpc) is 2.69. The predicted molar refractivity (Wildman–Crippen MR) is 72.8 cm³/mol. The molecule has 2 aromatic heterocycles. The fourth-order valence-electron chi connectivity index (χ4n) is 2.07. The van der Waals surface area contributed by atoms with Crippen molar-refractivity contribution in [3.8, 4) is 11.3 Å². The van der Waals surface area contributed by atoms with Crippen LogP contribution in [0.25, 0.3) is 22.2 Å². The molecule has 0 saturated carbocycles. The minimum atomic E-state index is 0.193. The quantitative estimate of drug-likeness (QED) is 0.678. The lowest BCUT2D eigenvalue weighted by Gasteiger charge is -2.04. The van der Waals surface area contributed by atoms with Gasteiger partial charge < -0.3 is 16.0 Å². The van der Waals surface area contributed by atoms with Crippen LogP contribution in [-0.2, 0) is 7.05 Å². The smallest absolute Gasteiger partial charge is 0.222 e. The number of aromatic nitrogens is 3. The number of anilines is 2. The van der Waals surface area contributed by atoms with E-state index in [0.29, 0.717) is 5.82 Å². The topological polar surface area (TPSA) is 82.8 Å². The molecule has 3 aromatic rings. The summed E-state index contributed by atoms with van der Waals surface area (Å²) in [5.74, 6) is 0.573. The van der Waals surface area contributed by atoms with Crippen molar-refractivity contribution < 1.29 is 0 Å². The van der Waals surface area contributed by atoms with Gasteiger partial charge in [0.2, 0.25) is 5.95 Å². The van der Waals surface area contributed by atoms with Crippen LogP contribution in [0.1, 0.15) is 0 Å². The summed E-state index contributed by atoms with van der Waals surface area (Å²) in [5, 5.41) is 1.16. The number of rotatable bonds is 1. The van der Waals surface area contributed by atoms with Gasteiger partial charge in [0.25, 0.3) is 0 Å². The Morgan fingerprint density at radius 2 is 1.89 bits per heavy atom. The lowest BCUT2D eigenvalue weighted by molar-refractivity contribution is 0.969. The molecule has 90 valence electrons. The molecule has 0 unspecified atom stereocenters. The van der Waals surface area contributed by atoms with Crippen molar-refractivity contribution in [2.45, 2.75) is 0 Å². The number of fused-ring (bicyclic) bond motifs is 1. The normalized spacial score (nSPS) is 10.9. The van der Waals surface area contributed by atoms with Gasteiger partial charge in [-0.2, -0.15) is 4.98 Å². The summed E-state index contributed by atoms with van der Waals surface area (Å²) in [5.41, 5.74) is 14.2. The van der Waals surface area contributed by atoms with Crippen LogP contribution >= 0.6 is 0 Å². The molecule has 0 aliphatic heterocycles. The summed E-state index contributed by atoms with van der Waals surface area (Å²) >= 11 is 0. The lowest BCUT2D eigenvalue weighted by atomic mass is 10.1. The van der Waals surface area contributed by atoms with E-state index in [1.165, 1.54) is 5.52 Å². The number of nitrogen functional groups attached to an aromatic ring is 2. The third kappa shape index (κ3) is 1.66. The summed E-state index contributed by atoms with van der Waals surface area (Å²) in [6.07, 6.45) is 2.02. The minimum absolute atomic E-state index is 0.193. The van der Waals surface area contributed by atoms with Crippen molar-refractivity contribution in [2.75, 3.05) is 11.5 Å². The third-order valence-electron chi connectivity index (χ3n) is 2.94. The van der Waals surface area contributed by atoms with Gasteiger partial charge in [-0.1, -0.05) is 6.07 Å². The summed E-state index contributed by atoms with van der Waals surface area (Å²) in [6.45, 7) is 0. The zero-order valence-corrected chi connectivity index (χ0v) is 9.96. The number of aryl methyl sites for hydroxylation is 1. The average molecular weight is 239 g/mol. The van der Waals surface area contributed by atoms with Crippen molar-refractivity contribution in [1.29, 1.82) is 0 Å². The first-order valence-corrected chi connectivity index (χ1v) is 5.59. The maximum absolute atomic E-state index is 5.68. The molecular formula is C13H13N5. The van der Waals surface area contributed by atoms with E-state index in [0.717, 1.165) is 16.6 Å². The Labute approximate surface area is 104 Å². The van der Waals surface area contributed by atoms with E-state index in [4.69, 9.17) is 11.5 Å². The van der Waals surface area contributed by atoms with E-state index in [1.807, 2.05) is 19.3 Å². The van der Waals surface area contributed by atoms with Gasteiger partial charge in [-0.05, 0) is 18.2 Å². The molecule has 1 aromatic carbocycles. The van der Waals surface area contributed by atoms with Crippen LogP contribution in [0.15, 0.2) is 36.5 Å². The van der Waals surface area contributed by atoms with E-state index in [1.54, 1.807) is 6.07 Å². The van der Waals surface area contributed by atoms with Crippen LogP contribution in [0.5, 0.6) is 0 Å². The molecule has 0 aliphatic carbocycles. The van der Waals surface area contributed by atoms with E-state index in [2.05, 4.69) is 32.7 Å². The molecule has 0 fully saturated rings. The maximum atomic E-state index is 5.68. The minimum Gasteiger partial charge on any atom is -0.384 e. The Balaban J connectivity index is 2.18. The van der Waals surface area contributed by atoms with Crippen molar-refractivity contribution in [3.05, 3.63) is 36.5 Å². The monoisotopic (exact) mass is 239 g/mol. The molecule has 0 amide bonds. The second kappa shape index (κ2) is 3.73.